The van der Waals surface area contributed by atoms with Crippen LogP contribution in [0.5, 0.6) is 0 Å². The summed E-state index contributed by atoms with van der Waals surface area (Å²) in [5.74, 6) is 0.202. The average molecular weight is 291 g/mol. The molecule has 0 spiro atoms. The molecule has 1 rings (SSSR count). The fraction of sp³-hybridized carbons (Fsp3) is 0.588. The van der Waals surface area contributed by atoms with Crippen molar-refractivity contribution in [1.82, 2.24) is 10.2 Å². The van der Waals surface area contributed by atoms with Crippen molar-refractivity contribution >= 4 is 5.91 Å². The van der Waals surface area contributed by atoms with E-state index in [-0.39, 0.29) is 11.9 Å². The van der Waals surface area contributed by atoms with E-state index < -0.39 is 5.54 Å². The van der Waals surface area contributed by atoms with Gasteiger partial charge >= 0.3 is 0 Å². The second-order valence-electron chi connectivity index (χ2n) is 6.53. The van der Waals surface area contributed by atoms with E-state index in [1.54, 1.807) is 0 Å². The normalized spacial score (nSPS) is 14.7. The Morgan fingerprint density at radius 2 is 1.81 bits per heavy atom. The van der Waals surface area contributed by atoms with Crippen LogP contribution in [0.1, 0.15) is 33.3 Å². The van der Waals surface area contributed by atoms with Gasteiger partial charge in [0.15, 0.2) is 0 Å². The average Bonchev–Trinajstić information content (AvgIpc) is 2.37. The first-order valence-corrected chi connectivity index (χ1v) is 7.59. The minimum Gasteiger partial charge on any atom is -0.368 e. The topological polar surface area (TPSA) is 58.4 Å². The minimum absolute atomic E-state index is 0.158. The third kappa shape index (κ3) is 4.83. The van der Waals surface area contributed by atoms with Gasteiger partial charge in [0.25, 0.3) is 0 Å². The van der Waals surface area contributed by atoms with Crippen LogP contribution in [0.25, 0.3) is 0 Å². The summed E-state index contributed by atoms with van der Waals surface area (Å²) in [6.07, 6.45) is 0. The van der Waals surface area contributed by atoms with Crippen molar-refractivity contribution < 1.29 is 4.79 Å². The first kappa shape index (κ1) is 17.7. The van der Waals surface area contributed by atoms with Crippen molar-refractivity contribution in [1.29, 1.82) is 0 Å². The molecule has 1 amide bonds. The highest BCUT2D eigenvalue weighted by atomic mass is 16.1. The van der Waals surface area contributed by atoms with Crippen molar-refractivity contribution in [3.63, 3.8) is 0 Å². The highest BCUT2D eigenvalue weighted by Gasteiger charge is 2.39. The SMILES string of the molecule is CC(C)CN(C)CC(NC(C)C)(C(N)=O)c1ccccc1. The summed E-state index contributed by atoms with van der Waals surface area (Å²) >= 11 is 0. The Labute approximate surface area is 128 Å². The van der Waals surface area contributed by atoms with E-state index in [0.29, 0.717) is 12.5 Å². The maximum absolute atomic E-state index is 12.3. The third-order valence-electron chi connectivity index (χ3n) is 3.41. The Morgan fingerprint density at radius 1 is 1.24 bits per heavy atom. The van der Waals surface area contributed by atoms with Gasteiger partial charge in [-0.3, -0.25) is 10.1 Å². The molecule has 4 heteroatoms. The smallest absolute Gasteiger partial charge is 0.243 e. The lowest BCUT2D eigenvalue weighted by molar-refractivity contribution is -0.126. The predicted octanol–water partition coefficient (Wildman–Crippen LogP) is 1.95. The Morgan fingerprint density at radius 3 is 2.24 bits per heavy atom. The van der Waals surface area contributed by atoms with Gasteiger partial charge in [-0.15, -0.1) is 0 Å². The number of rotatable bonds is 8. The summed E-state index contributed by atoms with van der Waals surface area (Å²) in [6, 6.07) is 9.91. The minimum atomic E-state index is -0.862. The maximum atomic E-state index is 12.3. The van der Waals surface area contributed by atoms with Gasteiger partial charge in [-0.2, -0.15) is 0 Å². The molecule has 118 valence electrons. The molecule has 0 heterocycles. The van der Waals surface area contributed by atoms with E-state index in [4.69, 9.17) is 5.73 Å². The van der Waals surface area contributed by atoms with Crippen molar-refractivity contribution in [3.8, 4) is 0 Å². The van der Waals surface area contributed by atoms with Crippen LogP contribution >= 0.6 is 0 Å². The van der Waals surface area contributed by atoms with Gasteiger partial charge < -0.3 is 10.6 Å². The number of hydrogen-bond acceptors (Lipinski definition) is 3. The number of amides is 1. The Balaban J connectivity index is 3.16. The molecule has 0 saturated carbocycles. The van der Waals surface area contributed by atoms with Crippen LogP contribution in [0.15, 0.2) is 30.3 Å². The first-order valence-electron chi connectivity index (χ1n) is 7.59. The van der Waals surface area contributed by atoms with Gasteiger partial charge in [-0.25, -0.2) is 0 Å². The molecule has 3 N–H and O–H groups in total. The van der Waals surface area contributed by atoms with Crippen molar-refractivity contribution in [2.75, 3.05) is 20.1 Å². The quantitative estimate of drug-likeness (QED) is 0.769. The van der Waals surface area contributed by atoms with Crippen LogP contribution < -0.4 is 11.1 Å². The van der Waals surface area contributed by atoms with E-state index in [1.807, 2.05) is 51.2 Å². The summed E-state index contributed by atoms with van der Waals surface area (Å²) in [6.45, 7) is 9.87. The van der Waals surface area contributed by atoms with Crippen LogP contribution in [0.3, 0.4) is 0 Å². The van der Waals surface area contributed by atoms with Crippen LogP contribution in [0.4, 0.5) is 0 Å². The number of nitrogens with zero attached hydrogens (tertiary/aromatic N) is 1. The third-order valence-corrected chi connectivity index (χ3v) is 3.41. The molecule has 0 aromatic heterocycles. The molecule has 0 aliphatic carbocycles. The summed E-state index contributed by atoms with van der Waals surface area (Å²) in [5.41, 5.74) is 5.86. The summed E-state index contributed by atoms with van der Waals surface area (Å²) in [5, 5.41) is 3.40. The number of nitrogens with two attached hydrogens (primary N) is 1. The first-order chi connectivity index (χ1) is 9.78. The summed E-state index contributed by atoms with van der Waals surface area (Å²) in [4.78, 5) is 14.5. The van der Waals surface area contributed by atoms with E-state index in [2.05, 4.69) is 24.1 Å². The fourth-order valence-electron chi connectivity index (χ4n) is 2.82. The zero-order valence-electron chi connectivity index (χ0n) is 13.9. The van der Waals surface area contributed by atoms with Gasteiger partial charge in [0.2, 0.25) is 5.91 Å². The molecular formula is C17H29N3O. The van der Waals surface area contributed by atoms with E-state index in [0.717, 1.165) is 12.1 Å². The molecule has 1 atom stereocenters. The van der Waals surface area contributed by atoms with Crippen molar-refractivity contribution in [2.45, 2.75) is 39.3 Å². The monoisotopic (exact) mass is 291 g/mol. The molecule has 0 saturated heterocycles. The molecule has 0 fully saturated rings. The van der Waals surface area contributed by atoms with Gasteiger partial charge in [0.05, 0.1) is 0 Å². The molecule has 0 aliphatic rings. The van der Waals surface area contributed by atoms with E-state index >= 15 is 0 Å². The Bertz CT molecular complexity index is 445. The highest BCUT2D eigenvalue weighted by Crippen LogP contribution is 2.23. The lowest BCUT2D eigenvalue weighted by Gasteiger charge is -2.38. The number of primary amides is 1. The number of carbonyl (C=O) groups excluding carboxylic acids is 1. The molecule has 0 bridgehead atoms. The Hall–Kier alpha value is -1.39. The molecule has 1 unspecified atom stereocenters. The molecule has 4 nitrogen and oxygen atoms in total. The van der Waals surface area contributed by atoms with Gasteiger partial charge in [-0.05, 0) is 32.4 Å². The summed E-state index contributed by atoms with van der Waals surface area (Å²) < 4.78 is 0. The number of likely N-dealkylation sites (N-methyl/N-ethyl adjacent to an activating group) is 1. The molecule has 0 aliphatic heterocycles. The van der Waals surface area contributed by atoms with Crippen LogP contribution in [-0.4, -0.2) is 37.0 Å². The van der Waals surface area contributed by atoms with Crippen LogP contribution in [0, 0.1) is 5.92 Å². The lowest BCUT2D eigenvalue weighted by Crippen LogP contribution is -2.60. The molecule has 1 aromatic carbocycles. The van der Waals surface area contributed by atoms with Gasteiger partial charge in [-0.1, -0.05) is 44.2 Å². The second kappa shape index (κ2) is 7.57. The standard InChI is InChI=1S/C17H29N3O/c1-13(2)11-20(5)12-17(16(18)21,19-14(3)4)15-9-7-6-8-10-15/h6-10,13-14,19H,11-12H2,1-5H3,(H2,18,21). The van der Waals surface area contributed by atoms with Crippen molar-refractivity contribution in [3.05, 3.63) is 35.9 Å². The van der Waals surface area contributed by atoms with Crippen molar-refractivity contribution in [2.24, 2.45) is 11.7 Å². The lowest BCUT2D eigenvalue weighted by atomic mass is 9.87. The zero-order chi connectivity index (χ0) is 16.0. The zero-order valence-corrected chi connectivity index (χ0v) is 13.9. The van der Waals surface area contributed by atoms with Crippen LogP contribution in [-0.2, 0) is 10.3 Å². The molecule has 21 heavy (non-hydrogen) atoms. The second-order valence-corrected chi connectivity index (χ2v) is 6.53. The number of hydrogen-bond donors (Lipinski definition) is 2. The van der Waals surface area contributed by atoms with Crippen LogP contribution in [0.2, 0.25) is 0 Å². The van der Waals surface area contributed by atoms with Gasteiger partial charge in [0, 0.05) is 19.1 Å². The molecule has 1 aromatic rings. The fourth-order valence-corrected chi connectivity index (χ4v) is 2.82. The van der Waals surface area contributed by atoms with E-state index in [9.17, 15) is 4.79 Å². The number of nitrogens with one attached hydrogen (secondary N) is 1. The largest absolute Gasteiger partial charge is 0.368 e. The molecule has 0 radical (unpaired) electrons. The highest BCUT2D eigenvalue weighted by molar-refractivity contribution is 5.86. The summed E-state index contributed by atoms with van der Waals surface area (Å²) in [7, 11) is 2.03. The van der Waals surface area contributed by atoms with E-state index in [1.165, 1.54) is 0 Å². The Kier molecular flexibility index (Phi) is 6.37. The maximum Gasteiger partial charge on any atom is 0.243 e. The molecular weight excluding hydrogens is 262 g/mol. The van der Waals surface area contributed by atoms with Gasteiger partial charge in [0.1, 0.15) is 5.54 Å². The predicted molar refractivity (Wildman–Crippen MR) is 87.9 cm³/mol. The number of carbonyl (C=O) groups is 1. The number of benzene rings is 1.